The number of amides is 1. The quantitative estimate of drug-likeness (QED) is 0.623. The van der Waals surface area contributed by atoms with E-state index in [2.05, 4.69) is 10.3 Å². The molecular formula is C18H26N4O2. The number of carbonyl (C=O) groups is 1. The molecule has 1 heterocycles. The lowest BCUT2D eigenvalue weighted by atomic mass is 10.1. The molecule has 0 radical (unpaired) electrons. The van der Waals surface area contributed by atoms with Gasteiger partial charge in [-0.05, 0) is 30.9 Å². The smallest absolute Gasteiger partial charge is 0.242 e. The van der Waals surface area contributed by atoms with Gasteiger partial charge in [-0.2, -0.15) is 0 Å². The van der Waals surface area contributed by atoms with Crippen LogP contribution in [0.1, 0.15) is 30.9 Å². The molecule has 0 atom stereocenters. The van der Waals surface area contributed by atoms with Gasteiger partial charge >= 0.3 is 0 Å². The predicted octanol–water partition coefficient (Wildman–Crippen LogP) is 0.951. The first-order valence-corrected chi connectivity index (χ1v) is 8.72. The number of benzene rings is 1. The molecule has 6 nitrogen and oxygen atoms in total. The first kappa shape index (κ1) is 16.8. The van der Waals surface area contributed by atoms with Crippen molar-refractivity contribution in [2.75, 3.05) is 26.2 Å². The summed E-state index contributed by atoms with van der Waals surface area (Å²) in [5, 5.41) is 12.5. The summed E-state index contributed by atoms with van der Waals surface area (Å²) in [6, 6.07) is 8.28. The number of aliphatic imine (C=N–C) groups is 1. The second kappa shape index (κ2) is 7.66. The number of nitrogens with zero attached hydrogens (tertiary/aromatic N) is 3. The van der Waals surface area contributed by atoms with E-state index < -0.39 is 0 Å². The Morgan fingerprint density at radius 1 is 1.33 bits per heavy atom. The van der Waals surface area contributed by atoms with Gasteiger partial charge < -0.3 is 20.2 Å². The Morgan fingerprint density at radius 3 is 2.79 bits per heavy atom. The fourth-order valence-corrected chi connectivity index (χ4v) is 3.06. The molecule has 0 unspecified atom stereocenters. The fourth-order valence-electron chi connectivity index (χ4n) is 3.06. The maximum Gasteiger partial charge on any atom is 0.242 e. The second-order valence-corrected chi connectivity index (χ2v) is 6.39. The number of carbonyl (C=O) groups excluding carboxylic acids is 1. The van der Waals surface area contributed by atoms with Crippen molar-refractivity contribution in [2.45, 2.75) is 39.0 Å². The van der Waals surface area contributed by atoms with Gasteiger partial charge in [0.25, 0.3) is 0 Å². The molecule has 130 valence electrons. The average molecular weight is 330 g/mol. The number of hydrogen-bond donors (Lipinski definition) is 2. The molecule has 1 saturated heterocycles. The SMILES string of the molecule is CCNC(=NCc1cccc(CO)c1)N1CCN(C2CC2)C(=O)C1. The molecule has 0 bridgehead atoms. The summed E-state index contributed by atoms with van der Waals surface area (Å²) in [6.07, 6.45) is 2.31. The van der Waals surface area contributed by atoms with Gasteiger partial charge in [0.2, 0.25) is 5.91 Å². The molecule has 0 spiro atoms. The molecule has 24 heavy (non-hydrogen) atoms. The Bertz CT molecular complexity index is 613. The van der Waals surface area contributed by atoms with E-state index in [1.54, 1.807) is 0 Å². The minimum Gasteiger partial charge on any atom is -0.392 e. The van der Waals surface area contributed by atoms with Crippen LogP contribution in [0.3, 0.4) is 0 Å². The number of rotatable bonds is 5. The molecule has 1 amide bonds. The third-order valence-electron chi connectivity index (χ3n) is 4.46. The highest BCUT2D eigenvalue weighted by molar-refractivity contribution is 5.88. The van der Waals surface area contributed by atoms with Crippen molar-refractivity contribution in [1.29, 1.82) is 0 Å². The van der Waals surface area contributed by atoms with E-state index in [0.717, 1.165) is 49.6 Å². The molecule has 1 aromatic rings. The van der Waals surface area contributed by atoms with Gasteiger partial charge in [-0.3, -0.25) is 4.79 Å². The van der Waals surface area contributed by atoms with E-state index in [9.17, 15) is 9.90 Å². The van der Waals surface area contributed by atoms with Crippen molar-refractivity contribution in [1.82, 2.24) is 15.1 Å². The minimum atomic E-state index is 0.0370. The van der Waals surface area contributed by atoms with Crippen LogP contribution in [-0.4, -0.2) is 59.0 Å². The number of piperazine rings is 1. The minimum absolute atomic E-state index is 0.0370. The fraction of sp³-hybridized carbons (Fsp3) is 0.556. The summed E-state index contributed by atoms with van der Waals surface area (Å²) in [4.78, 5) is 21.1. The molecule has 0 aromatic heterocycles. The Kier molecular flexibility index (Phi) is 5.35. The van der Waals surface area contributed by atoms with Gasteiger partial charge in [-0.25, -0.2) is 4.99 Å². The normalized spacial score (nSPS) is 18.9. The van der Waals surface area contributed by atoms with Crippen molar-refractivity contribution in [3.05, 3.63) is 35.4 Å². The molecular weight excluding hydrogens is 304 g/mol. The molecule has 2 fully saturated rings. The number of hydrogen-bond acceptors (Lipinski definition) is 3. The molecule has 2 aliphatic rings. The van der Waals surface area contributed by atoms with Crippen molar-refractivity contribution < 1.29 is 9.90 Å². The van der Waals surface area contributed by atoms with E-state index in [1.807, 2.05) is 41.0 Å². The largest absolute Gasteiger partial charge is 0.392 e. The van der Waals surface area contributed by atoms with Crippen LogP contribution >= 0.6 is 0 Å². The molecule has 2 N–H and O–H groups in total. The standard InChI is InChI=1S/C18H26N4O2/c1-2-19-18(20-11-14-4-3-5-15(10-14)13-23)21-8-9-22(16-6-7-16)17(24)12-21/h3-5,10,16,23H,2,6-9,11-13H2,1H3,(H,19,20). The Morgan fingerprint density at radius 2 is 2.12 bits per heavy atom. The summed E-state index contributed by atoms with van der Waals surface area (Å²) in [5.41, 5.74) is 1.95. The molecule has 1 saturated carbocycles. The van der Waals surface area contributed by atoms with Crippen LogP contribution in [-0.2, 0) is 17.9 Å². The van der Waals surface area contributed by atoms with Crippen molar-refractivity contribution in [3.8, 4) is 0 Å². The van der Waals surface area contributed by atoms with E-state index in [4.69, 9.17) is 0 Å². The third-order valence-corrected chi connectivity index (χ3v) is 4.46. The number of nitrogens with one attached hydrogen (secondary N) is 1. The Labute approximate surface area is 143 Å². The van der Waals surface area contributed by atoms with Crippen molar-refractivity contribution in [2.24, 2.45) is 4.99 Å². The van der Waals surface area contributed by atoms with E-state index in [-0.39, 0.29) is 12.5 Å². The maximum absolute atomic E-state index is 12.3. The van der Waals surface area contributed by atoms with Crippen molar-refractivity contribution in [3.63, 3.8) is 0 Å². The highest BCUT2D eigenvalue weighted by Gasteiger charge is 2.36. The summed E-state index contributed by atoms with van der Waals surface area (Å²) >= 11 is 0. The van der Waals surface area contributed by atoms with Gasteiger partial charge in [0.1, 0.15) is 0 Å². The molecule has 3 rings (SSSR count). The van der Waals surface area contributed by atoms with Crippen LogP contribution in [0.15, 0.2) is 29.3 Å². The topological polar surface area (TPSA) is 68.2 Å². The summed E-state index contributed by atoms with van der Waals surface area (Å²) in [5.74, 6) is 0.993. The van der Waals surface area contributed by atoms with Crippen LogP contribution in [0.25, 0.3) is 0 Å². The van der Waals surface area contributed by atoms with Crippen LogP contribution in [0.4, 0.5) is 0 Å². The second-order valence-electron chi connectivity index (χ2n) is 6.39. The Hall–Kier alpha value is -2.08. The third kappa shape index (κ3) is 4.06. The highest BCUT2D eigenvalue weighted by atomic mass is 16.3. The van der Waals surface area contributed by atoms with Crippen LogP contribution in [0.5, 0.6) is 0 Å². The summed E-state index contributed by atoms with van der Waals surface area (Å²) < 4.78 is 0. The van der Waals surface area contributed by atoms with Crippen LogP contribution < -0.4 is 5.32 Å². The summed E-state index contributed by atoms with van der Waals surface area (Å²) in [7, 11) is 0. The average Bonchev–Trinajstić information content (AvgIpc) is 3.43. The number of guanidine groups is 1. The first-order chi connectivity index (χ1) is 11.7. The van der Waals surface area contributed by atoms with Gasteiger partial charge in [0.05, 0.1) is 19.7 Å². The molecule has 1 aliphatic heterocycles. The van der Waals surface area contributed by atoms with Crippen molar-refractivity contribution >= 4 is 11.9 Å². The maximum atomic E-state index is 12.3. The Balaban J connectivity index is 1.66. The molecule has 6 heteroatoms. The predicted molar refractivity (Wildman–Crippen MR) is 93.5 cm³/mol. The number of aliphatic hydroxyl groups is 1. The zero-order chi connectivity index (χ0) is 16.9. The summed E-state index contributed by atoms with van der Waals surface area (Å²) in [6.45, 7) is 5.39. The lowest BCUT2D eigenvalue weighted by Crippen LogP contribution is -2.55. The number of aliphatic hydroxyl groups excluding tert-OH is 1. The molecule has 1 aliphatic carbocycles. The van der Waals surface area contributed by atoms with Gasteiger partial charge in [-0.15, -0.1) is 0 Å². The monoisotopic (exact) mass is 330 g/mol. The van der Waals surface area contributed by atoms with Gasteiger partial charge in [0, 0.05) is 25.7 Å². The first-order valence-electron chi connectivity index (χ1n) is 8.72. The van der Waals surface area contributed by atoms with E-state index in [0.29, 0.717) is 19.1 Å². The lowest BCUT2D eigenvalue weighted by Gasteiger charge is -2.36. The van der Waals surface area contributed by atoms with Crippen LogP contribution in [0.2, 0.25) is 0 Å². The van der Waals surface area contributed by atoms with E-state index in [1.165, 1.54) is 0 Å². The zero-order valence-electron chi connectivity index (χ0n) is 14.2. The lowest BCUT2D eigenvalue weighted by molar-refractivity contribution is -0.135. The molecule has 1 aromatic carbocycles. The van der Waals surface area contributed by atoms with Gasteiger partial charge in [0.15, 0.2) is 5.96 Å². The zero-order valence-corrected chi connectivity index (χ0v) is 14.2. The highest BCUT2D eigenvalue weighted by Crippen LogP contribution is 2.28. The van der Waals surface area contributed by atoms with E-state index >= 15 is 0 Å². The van der Waals surface area contributed by atoms with Crippen LogP contribution in [0, 0.1) is 0 Å². The van der Waals surface area contributed by atoms with Gasteiger partial charge in [-0.1, -0.05) is 24.3 Å².